The summed E-state index contributed by atoms with van der Waals surface area (Å²) in [5.41, 5.74) is 6.90. The first-order chi connectivity index (χ1) is 13.7. The number of carbonyl (C=O) groups excluding carboxylic acids is 1. The molecule has 6 nitrogen and oxygen atoms in total. The highest BCUT2D eigenvalue weighted by atomic mass is 32.1. The Labute approximate surface area is 171 Å². The van der Waals surface area contributed by atoms with Crippen molar-refractivity contribution in [1.82, 2.24) is 15.5 Å². The Balaban J connectivity index is 1.52. The molecule has 2 fully saturated rings. The smallest absolute Gasteiger partial charge is 0.264 e. The summed E-state index contributed by atoms with van der Waals surface area (Å²) >= 11 is 1.52. The maximum absolute atomic E-state index is 12.7. The van der Waals surface area contributed by atoms with Gasteiger partial charge in [0.2, 0.25) is 0 Å². The summed E-state index contributed by atoms with van der Waals surface area (Å²) in [6.45, 7) is 7.63. The number of piperazine rings is 1. The first-order valence-corrected chi connectivity index (χ1v) is 11.0. The largest absolute Gasteiger partial charge is 0.368 e. The quantitative estimate of drug-likeness (QED) is 0.585. The van der Waals surface area contributed by atoms with Crippen molar-refractivity contribution in [1.29, 1.82) is 0 Å². The number of thiophene rings is 1. The van der Waals surface area contributed by atoms with E-state index in [0.717, 1.165) is 47.3 Å². The number of aliphatic imine (C=N–C) groups is 1. The number of nitrogens with two attached hydrogens (primary N) is 1. The van der Waals surface area contributed by atoms with Crippen molar-refractivity contribution in [3.63, 3.8) is 0 Å². The molecule has 1 aromatic rings. The Morgan fingerprint density at radius 1 is 1.39 bits per heavy atom. The summed E-state index contributed by atoms with van der Waals surface area (Å²) in [5.74, 6) is 0.847. The van der Waals surface area contributed by atoms with Crippen LogP contribution in [0.25, 0.3) is 6.08 Å². The Bertz CT molecular complexity index is 727. The lowest BCUT2D eigenvalue weighted by Gasteiger charge is -2.26. The average Bonchev–Trinajstić information content (AvgIpc) is 3.37. The van der Waals surface area contributed by atoms with Crippen molar-refractivity contribution in [3.8, 4) is 0 Å². The van der Waals surface area contributed by atoms with Gasteiger partial charge in [-0.15, -0.1) is 11.3 Å². The van der Waals surface area contributed by atoms with E-state index in [1.54, 1.807) is 0 Å². The minimum Gasteiger partial charge on any atom is -0.368 e. The zero-order chi connectivity index (χ0) is 19.8. The van der Waals surface area contributed by atoms with Gasteiger partial charge in [0.1, 0.15) is 5.82 Å². The summed E-state index contributed by atoms with van der Waals surface area (Å²) in [6, 6.07) is 2.47. The van der Waals surface area contributed by atoms with Gasteiger partial charge in [-0.2, -0.15) is 0 Å². The lowest BCUT2D eigenvalue weighted by atomic mass is 10.2. The maximum atomic E-state index is 12.7. The van der Waals surface area contributed by atoms with Crippen LogP contribution in [0.3, 0.4) is 0 Å². The van der Waals surface area contributed by atoms with Crippen molar-refractivity contribution < 1.29 is 4.79 Å². The lowest BCUT2D eigenvalue weighted by molar-refractivity contribution is 0.0740. The van der Waals surface area contributed by atoms with Crippen LogP contribution in [0.15, 0.2) is 29.5 Å². The summed E-state index contributed by atoms with van der Waals surface area (Å²) < 4.78 is 0. The number of carbonyl (C=O) groups is 1. The van der Waals surface area contributed by atoms with Gasteiger partial charge in [-0.25, -0.2) is 4.99 Å². The maximum Gasteiger partial charge on any atom is 0.264 e. The van der Waals surface area contributed by atoms with E-state index in [0.29, 0.717) is 19.0 Å². The fourth-order valence-corrected chi connectivity index (χ4v) is 4.71. The molecule has 1 aromatic heterocycles. The second kappa shape index (κ2) is 10.5. The molecule has 1 saturated carbocycles. The fourth-order valence-electron chi connectivity index (χ4n) is 3.61. The summed E-state index contributed by atoms with van der Waals surface area (Å²) in [7, 11) is 0. The molecule has 1 saturated heterocycles. The van der Waals surface area contributed by atoms with Crippen LogP contribution in [-0.2, 0) is 6.54 Å². The molecule has 0 aromatic carbocycles. The molecule has 3 rings (SSSR count). The van der Waals surface area contributed by atoms with E-state index in [2.05, 4.69) is 28.3 Å². The Morgan fingerprint density at radius 3 is 2.86 bits per heavy atom. The molecule has 0 spiro atoms. The first-order valence-electron chi connectivity index (χ1n) is 10.1. The molecule has 0 bridgehead atoms. The predicted octanol–water partition coefficient (Wildman–Crippen LogP) is 2.73. The van der Waals surface area contributed by atoms with Crippen molar-refractivity contribution in [2.24, 2.45) is 10.7 Å². The second-order valence-corrected chi connectivity index (χ2v) is 8.35. The van der Waals surface area contributed by atoms with Crippen LogP contribution in [0, 0.1) is 0 Å². The molecule has 1 amide bonds. The highest BCUT2D eigenvalue weighted by Crippen LogP contribution is 2.25. The number of nitrogens with one attached hydrogen (secondary N) is 2. The van der Waals surface area contributed by atoms with Gasteiger partial charge in [0.25, 0.3) is 5.91 Å². The van der Waals surface area contributed by atoms with Crippen LogP contribution in [0.1, 0.15) is 52.2 Å². The number of rotatable bonds is 8. The van der Waals surface area contributed by atoms with E-state index in [1.807, 2.05) is 23.3 Å². The summed E-state index contributed by atoms with van der Waals surface area (Å²) in [5, 5.41) is 6.65. The molecular weight excluding hydrogens is 370 g/mol. The molecule has 7 heteroatoms. The molecule has 0 radical (unpaired) electrons. The van der Waals surface area contributed by atoms with E-state index in [1.165, 1.54) is 37.0 Å². The number of hydrogen-bond acceptors (Lipinski definition) is 6. The predicted molar refractivity (Wildman–Crippen MR) is 118 cm³/mol. The van der Waals surface area contributed by atoms with E-state index in [9.17, 15) is 4.79 Å². The van der Waals surface area contributed by atoms with Gasteiger partial charge >= 0.3 is 0 Å². The van der Waals surface area contributed by atoms with Crippen LogP contribution < -0.4 is 16.4 Å². The topological polar surface area (TPSA) is 82.8 Å². The van der Waals surface area contributed by atoms with E-state index in [4.69, 9.17) is 5.73 Å². The zero-order valence-corrected chi connectivity index (χ0v) is 17.3. The normalized spacial score (nSPS) is 18.4. The van der Waals surface area contributed by atoms with E-state index in [-0.39, 0.29) is 5.91 Å². The van der Waals surface area contributed by atoms with Crippen LogP contribution in [0.2, 0.25) is 0 Å². The summed E-state index contributed by atoms with van der Waals surface area (Å²) in [4.78, 5) is 20.8. The van der Waals surface area contributed by atoms with Crippen molar-refractivity contribution in [2.45, 2.75) is 44.7 Å². The van der Waals surface area contributed by atoms with Gasteiger partial charge < -0.3 is 21.3 Å². The van der Waals surface area contributed by atoms with Gasteiger partial charge in [-0.05, 0) is 30.5 Å². The average molecular weight is 402 g/mol. The first kappa shape index (κ1) is 20.8. The molecule has 28 heavy (non-hydrogen) atoms. The van der Waals surface area contributed by atoms with Crippen LogP contribution in [0.5, 0.6) is 0 Å². The minimum atomic E-state index is 0.108. The molecule has 1 aliphatic carbocycles. The van der Waals surface area contributed by atoms with Crippen LogP contribution in [0.4, 0.5) is 0 Å². The van der Waals surface area contributed by atoms with Crippen molar-refractivity contribution >= 4 is 29.5 Å². The molecule has 2 heterocycles. The number of hydrogen-bond donors (Lipinski definition) is 3. The molecule has 4 N–H and O–H groups in total. The molecule has 1 aliphatic heterocycles. The Hall–Kier alpha value is -1.96. The molecule has 0 unspecified atom stereocenters. The Kier molecular flexibility index (Phi) is 7.82. The van der Waals surface area contributed by atoms with Gasteiger partial charge in [0.15, 0.2) is 0 Å². The highest BCUT2D eigenvalue weighted by Gasteiger charge is 2.20. The number of nitrogens with zero attached hydrogens (tertiary/aromatic N) is 2. The van der Waals surface area contributed by atoms with Gasteiger partial charge in [-0.1, -0.05) is 25.5 Å². The molecular formula is C21H31N5OS. The van der Waals surface area contributed by atoms with Gasteiger partial charge in [-0.3, -0.25) is 4.79 Å². The monoisotopic (exact) mass is 401 g/mol. The molecule has 2 aliphatic rings. The molecule has 0 atom stereocenters. The van der Waals surface area contributed by atoms with Crippen molar-refractivity contribution in [2.75, 3.05) is 26.2 Å². The fraction of sp³-hybridized carbons (Fsp3) is 0.524. The lowest BCUT2D eigenvalue weighted by Crippen LogP contribution is -2.46. The standard InChI is InChI=1S/C21H31N5OS/c1-16(25-18-6-2-3-7-18)24-9-5-4-8-19-17(15-22)14-20(28-19)21(27)26-12-10-23-11-13-26/h4,8-9,14,18,23,25H,1-3,5-7,10-13,15,22H2/b8-4-,24-9?. The highest BCUT2D eigenvalue weighted by molar-refractivity contribution is 7.15. The van der Waals surface area contributed by atoms with E-state index < -0.39 is 0 Å². The third-order valence-electron chi connectivity index (χ3n) is 5.16. The van der Waals surface area contributed by atoms with Gasteiger partial charge in [0.05, 0.1) is 4.88 Å². The van der Waals surface area contributed by atoms with Crippen LogP contribution >= 0.6 is 11.3 Å². The third kappa shape index (κ3) is 5.77. The molecule has 152 valence electrons. The third-order valence-corrected chi connectivity index (χ3v) is 6.29. The Morgan fingerprint density at radius 2 is 2.14 bits per heavy atom. The second-order valence-electron chi connectivity index (χ2n) is 7.27. The van der Waals surface area contributed by atoms with Crippen LogP contribution in [-0.4, -0.2) is 49.2 Å². The minimum absolute atomic E-state index is 0.108. The zero-order valence-electron chi connectivity index (χ0n) is 16.5. The SMILES string of the molecule is C=C(N=CC/C=C\c1sc(C(=O)N2CCNCC2)cc1CN)NC1CCCC1. The summed E-state index contributed by atoms with van der Waals surface area (Å²) in [6.07, 6.45) is 11.7. The van der Waals surface area contributed by atoms with Crippen molar-refractivity contribution in [3.05, 3.63) is 39.9 Å². The number of amides is 1. The number of allylic oxidation sites excluding steroid dienone is 1. The van der Waals surface area contributed by atoms with E-state index >= 15 is 0 Å². The van der Waals surface area contributed by atoms with Gasteiger partial charge in [0, 0.05) is 56.3 Å².